The minimum atomic E-state index is -0.436. The molecule has 0 aromatic rings. The molecule has 24 heavy (non-hydrogen) atoms. The fourth-order valence-electron chi connectivity index (χ4n) is 4.10. The van der Waals surface area contributed by atoms with Crippen LogP contribution in [0.25, 0.3) is 0 Å². The number of piperidine rings is 1. The van der Waals surface area contributed by atoms with Gasteiger partial charge in [-0.2, -0.15) is 0 Å². The van der Waals surface area contributed by atoms with Crippen molar-refractivity contribution in [2.75, 3.05) is 33.4 Å². The van der Waals surface area contributed by atoms with Gasteiger partial charge in [-0.05, 0) is 64.8 Å². The Morgan fingerprint density at radius 2 is 1.92 bits per heavy atom. The first-order valence-electron chi connectivity index (χ1n) is 9.58. The fourth-order valence-corrected chi connectivity index (χ4v) is 4.10. The zero-order valence-electron chi connectivity index (χ0n) is 16.0. The summed E-state index contributed by atoms with van der Waals surface area (Å²) in [6, 6.07) is 0.247. The van der Waals surface area contributed by atoms with Crippen LogP contribution in [0, 0.1) is 11.8 Å². The number of hydrogen-bond acceptors (Lipinski definition) is 4. The summed E-state index contributed by atoms with van der Waals surface area (Å²) in [7, 11) is 1.79. The highest BCUT2D eigenvalue weighted by Crippen LogP contribution is 2.27. The summed E-state index contributed by atoms with van der Waals surface area (Å²) in [6.45, 7) is 9.98. The summed E-state index contributed by atoms with van der Waals surface area (Å²) in [5.74, 6) is 1.19. The summed E-state index contributed by atoms with van der Waals surface area (Å²) in [4.78, 5) is 14.7. The lowest BCUT2D eigenvalue weighted by Crippen LogP contribution is -2.49. The Kier molecular flexibility index (Phi) is 7.35. The molecule has 0 aromatic carbocycles. The van der Waals surface area contributed by atoms with E-state index in [4.69, 9.17) is 9.47 Å². The third-order valence-corrected chi connectivity index (χ3v) is 5.11. The molecule has 2 fully saturated rings. The Bertz CT molecular complexity index is 393. The zero-order valence-corrected chi connectivity index (χ0v) is 16.0. The van der Waals surface area contributed by atoms with Crippen LogP contribution in [0.5, 0.6) is 0 Å². The second kappa shape index (κ2) is 9.04. The molecular weight excluding hydrogens is 304 g/mol. The highest BCUT2D eigenvalue weighted by atomic mass is 16.6. The molecule has 3 unspecified atom stereocenters. The topological polar surface area (TPSA) is 50.8 Å². The summed E-state index contributed by atoms with van der Waals surface area (Å²) in [5.41, 5.74) is -0.436. The van der Waals surface area contributed by atoms with E-state index in [-0.39, 0.29) is 12.1 Å². The van der Waals surface area contributed by atoms with Crippen LogP contribution in [0.1, 0.15) is 59.3 Å². The van der Waals surface area contributed by atoms with Gasteiger partial charge in [0, 0.05) is 26.2 Å². The lowest BCUT2D eigenvalue weighted by molar-refractivity contribution is 0.0426. The molecule has 1 amide bonds. The molecule has 2 rings (SSSR count). The molecule has 1 saturated heterocycles. The fraction of sp³-hybridized carbons (Fsp3) is 0.947. The van der Waals surface area contributed by atoms with E-state index in [0.29, 0.717) is 11.8 Å². The van der Waals surface area contributed by atoms with Gasteiger partial charge < -0.3 is 19.7 Å². The van der Waals surface area contributed by atoms with Crippen molar-refractivity contribution in [2.24, 2.45) is 11.8 Å². The highest BCUT2D eigenvalue weighted by Gasteiger charge is 2.31. The molecule has 5 nitrogen and oxygen atoms in total. The van der Waals surface area contributed by atoms with Crippen LogP contribution in [0.3, 0.4) is 0 Å². The van der Waals surface area contributed by atoms with E-state index in [9.17, 15) is 4.79 Å². The van der Waals surface area contributed by atoms with E-state index in [1.165, 1.54) is 38.6 Å². The van der Waals surface area contributed by atoms with Gasteiger partial charge in [-0.15, -0.1) is 0 Å². The number of hydrogen-bond donors (Lipinski definition) is 1. The van der Waals surface area contributed by atoms with Gasteiger partial charge >= 0.3 is 6.09 Å². The van der Waals surface area contributed by atoms with Crippen molar-refractivity contribution >= 4 is 6.09 Å². The molecule has 1 heterocycles. The number of carbonyl (C=O) groups excluding carboxylic acids is 1. The molecule has 0 bridgehead atoms. The monoisotopic (exact) mass is 340 g/mol. The van der Waals surface area contributed by atoms with Gasteiger partial charge in [-0.1, -0.05) is 12.8 Å². The van der Waals surface area contributed by atoms with Gasteiger partial charge in [0.25, 0.3) is 0 Å². The van der Waals surface area contributed by atoms with Crippen LogP contribution in [0.4, 0.5) is 4.79 Å². The van der Waals surface area contributed by atoms with Crippen LogP contribution >= 0.6 is 0 Å². The van der Waals surface area contributed by atoms with Gasteiger partial charge in [0.05, 0.1) is 6.61 Å². The molecule has 140 valence electrons. The van der Waals surface area contributed by atoms with Gasteiger partial charge in [-0.25, -0.2) is 4.79 Å². The number of amides is 1. The Labute approximate surface area is 147 Å². The summed E-state index contributed by atoms with van der Waals surface area (Å²) in [6.07, 6.45) is 7.00. The molecule has 1 aliphatic heterocycles. The number of likely N-dealkylation sites (tertiary alicyclic amines) is 1. The van der Waals surface area contributed by atoms with Crippen molar-refractivity contribution < 1.29 is 14.3 Å². The quantitative estimate of drug-likeness (QED) is 0.833. The van der Waals surface area contributed by atoms with Crippen molar-refractivity contribution in [1.29, 1.82) is 0 Å². The van der Waals surface area contributed by atoms with E-state index in [0.717, 1.165) is 26.1 Å². The maximum atomic E-state index is 12.1. The third-order valence-electron chi connectivity index (χ3n) is 5.11. The standard InChI is InChI=1S/C19H36N2O3/c1-19(2,3)24-18(22)20-17-10-6-5-9-16(17)13-21-11-7-8-15(12-21)14-23-4/h15-17H,5-14H2,1-4H3,(H,20,22). The number of nitrogens with one attached hydrogen (secondary N) is 1. The Balaban J connectivity index is 1.85. The van der Waals surface area contributed by atoms with Crippen molar-refractivity contribution in [1.82, 2.24) is 10.2 Å². The van der Waals surface area contributed by atoms with Gasteiger partial charge in [0.2, 0.25) is 0 Å². The summed E-state index contributed by atoms with van der Waals surface area (Å²) >= 11 is 0. The number of ether oxygens (including phenoxy) is 2. The largest absolute Gasteiger partial charge is 0.444 e. The first-order valence-corrected chi connectivity index (χ1v) is 9.58. The molecule has 0 aromatic heterocycles. The van der Waals surface area contributed by atoms with Crippen molar-refractivity contribution in [2.45, 2.75) is 70.9 Å². The molecular formula is C19H36N2O3. The number of carbonyl (C=O) groups is 1. The van der Waals surface area contributed by atoms with Crippen molar-refractivity contribution in [3.63, 3.8) is 0 Å². The maximum Gasteiger partial charge on any atom is 0.407 e. The third kappa shape index (κ3) is 6.60. The van der Waals surface area contributed by atoms with Crippen LogP contribution in [0.15, 0.2) is 0 Å². The van der Waals surface area contributed by atoms with Gasteiger partial charge in [-0.3, -0.25) is 0 Å². The molecule has 1 N–H and O–H groups in total. The first kappa shape index (κ1) is 19.5. The van der Waals surface area contributed by atoms with E-state index < -0.39 is 5.60 Å². The molecule has 1 saturated carbocycles. The van der Waals surface area contributed by atoms with Gasteiger partial charge in [0.1, 0.15) is 5.60 Å². The number of alkyl carbamates (subject to hydrolysis) is 1. The maximum absolute atomic E-state index is 12.1. The first-order chi connectivity index (χ1) is 11.4. The van der Waals surface area contributed by atoms with Crippen LogP contribution in [-0.2, 0) is 9.47 Å². The average molecular weight is 341 g/mol. The van der Waals surface area contributed by atoms with E-state index in [2.05, 4.69) is 10.2 Å². The second-order valence-electron chi connectivity index (χ2n) is 8.52. The SMILES string of the molecule is COCC1CCCN(CC2CCCCC2NC(=O)OC(C)(C)C)C1. The van der Waals surface area contributed by atoms with Crippen LogP contribution < -0.4 is 5.32 Å². The molecule has 3 atom stereocenters. The predicted molar refractivity (Wildman–Crippen MR) is 96.2 cm³/mol. The second-order valence-corrected chi connectivity index (χ2v) is 8.52. The normalized spacial score (nSPS) is 29.2. The van der Waals surface area contributed by atoms with Crippen molar-refractivity contribution in [3.05, 3.63) is 0 Å². The number of methoxy groups -OCH3 is 1. The Morgan fingerprint density at radius 1 is 1.17 bits per heavy atom. The lowest BCUT2D eigenvalue weighted by Gasteiger charge is -2.39. The minimum Gasteiger partial charge on any atom is -0.444 e. The minimum absolute atomic E-state index is 0.247. The molecule has 1 aliphatic carbocycles. The average Bonchev–Trinajstić information content (AvgIpc) is 2.48. The summed E-state index contributed by atoms with van der Waals surface area (Å²) in [5, 5.41) is 3.14. The number of nitrogens with zero attached hydrogens (tertiary/aromatic N) is 1. The smallest absolute Gasteiger partial charge is 0.407 e. The predicted octanol–water partition coefficient (Wildman–Crippen LogP) is 3.43. The highest BCUT2D eigenvalue weighted by molar-refractivity contribution is 5.68. The lowest BCUT2D eigenvalue weighted by atomic mass is 9.83. The van der Waals surface area contributed by atoms with Crippen LogP contribution in [0.2, 0.25) is 0 Å². The van der Waals surface area contributed by atoms with E-state index in [1.807, 2.05) is 20.8 Å². The molecule has 0 radical (unpaired) electrons. The number of rotatable bonds is 5. The van der Waals surface area contributed by atoms with Gasteiger partial charge in [0.15, 0.2) is 0 Å². The van der Waals surface area contributed by atoms with E-state index in [1.54, 1.807) is 7.11 Å². The molecule has 5 heteroatoms. The summed E-state index contributed by atoms with van der Waals surface area (Å²) < 4.78 is 10.8. The van der Waals surface area contributed by atoms with Crippen molar-refractivity contribution in [3.8, 4) is 0 Å². The Hall–Kier alpha value is -0.810. The molecule has 2 aliphatic rings. The molecule has 0 spiro atoms. The van der Waals surface area contributed by atoms with Crippen LogP contribution in [-0.4, -0.2) is 56.0 Å². The Morgan fingerprint density at radius 3 is 2.62 bits per heavy atom. The van der Waals surface area contributed by atoms with E-state index >= 15 is 0 Å². The zero-order chi connectivity index (χ0) is 17.6.